The summed E-state index contributed by atoms with van der Waals surface area (Å²) < 4.78 is 22.6. The number of carbonyl (C=O) groups excluding carboxylic acids is 3. The highest BCUT2D eigenvalue weighted by atomic mass is 16.6. The number of nitrogens with zero attached hydrogens (tertiary/aromatic N) is 2. The molecule has 3 aromatic rings. The van der Waals surface area contributed by atoms with E-state index >= 15 is 0 Å². The van der Waals surface area contributed by atoms with E-state index in [2.05, 4.69) is 26.0 Å². The standard InChI is InChI=1S/C32H41N5O7/c1-6-33-30(38)28-27(22-11-9-21(10-12-22)19-37-13-15-41-16-14-37)29(44-36-28)24-17-23(20(4)5)25(42-31(39)34-7-2)18-26(24)43-32(40)35-8-3/h9-12,17-18,20H,6-8,13-16,19H2,1-5H3,(H,33,38)(H,34,39)(H,35,40). The quantitative estimate of drug-likeness (QED) is 0.276. The van der Waals surface area contributed by atoms with Gasteiger partial charge in [0.1, 0.15) is 11.5 Å². The highest BCUT2D eigenvalue weighted by molar-refractivity contribution is 6.02. The molecule has 0 bridgehead atoms. The maximum absolute atomic E-state index is 13.2. The van der Waals surface area contributed by atoms with Gasteiger partial charge in [-0.1, -0.05) is 43.3 Å². The molecule has 0 spiro atoms. The van der Waals surface area contributed by atoms with Crippen LogP contribution >= 0.6 is 0 Å². The Labute approximate surface area is 257 Å². The van der Waals surface area contributed by atoms with Crippen LogP contribution in [0.3, 0.4) is 0 Å². The highest BCUT2D eigenvalue weighted by Gasteiger charge is 2.29. The maximum Gasteiger partial charge on any atom is 0.412 e. The normalized spacial score (nSPS) is 13.4. The molecule has 12 heteroatoms. The van der Waals surface area contributed by atoms with Crippen LogP contribution in [0.2, 0.25) is 0 Å². The first-order valence-corrected chi connectivity index (χ1v) is 15.0. The molecule has 4 rings (SSSR count). The van der Waals surface area contributed by atoms with Gasteiger partial charge in [-0.15, -0.1) is 0 Å². The molecule has 0 atom stereocenters. The molecule has 1 aliphatic rings. The minimum atomic E-state index is -0.701. The van der Waals surface area contributed by atoms with Gasteiger partial charge < -0.3 is 34.7 Å². The van der Waals surface area contributed by atoms with Gasteiger partial charge in [-0.25, -0.2) is 9.59 Å². The number of benzene rings is 2. The number of aromatic nitrogens is 1. The molecular formula is C32H41N5O7. The predicted octanol–water partition coefficient (Wildman–Crippen LogP) is 4.93. The number of rotatable bonds is 11. The zero-order valence-electron chi connectivity index (χ0n) is 26.0. The minimum absolute atomic E-state index is 0.0726. The molecule has 0 unspecified atom stereocenters. The van der Waals surface area contributed by atoms with Crippen molar-refractivity contribution in [2.24, 2.45) is 0 Å². The van der Waals surface area contributed by atoms with Gasteiger partial charge in [0.2, 0.25) is 0 Å². The van der Waals surface area contributed by atoms with Crippen LogP contribution in [0.15, 0.2) is 40.9 Å². The fraction of sp³-hybridized carbons (Fsp3) is 0.438. The average molecular weight is 608 g/mol. The molecule has 1 saturated heterocycles. The Morgan fingerprint density at radius 3 is 2.09 bits per heavy atom. The van der Waals surface area contributed by atoms with Crippen molar-refractivity contribution in [2.75, 3.05) is 45.9 Å². The summed E-state index contributed by atoms with van der Waals surface area (Å²) in [6, 6.07) is 11.1. The lowest BCUT2D eigenvalue weighted by Crippen LogP contribution is -2.35. The Kier molecular flexibility index (Phi) is 11.3. The summed E-state index contributed by atoms with van der Waals surface area (Å²) in [5, 5.41) is 12.2. The maximum atomic E-state index is 13.2. The molecule has 0 saturated carbocycles. The Morgan fingerprint density at radius 1 is 0.886 bits per heavy atom. The first-order valence-electron chi connectivity index (χ1n) is 15.0. The zero-order chi connectivity index (χ0) is 31.6. The van der Waals surface area contributed by atoms with E-state index in [4.69, 9.17) is 18.7 Å². The summed E-state index contributed by atoms with van der Waals surface area (Å²) in [5.74, 6) is 0.0413. The monoisotopic (exact) mass is 607 g/mol. The van der Waals surface area contributed by atoms with Crippen LogP contribution in [-0.4, -0.2) is 74.1 Å². The van der Waals surface area contributed by atoms with Crippen molar-refractivity contribution in [2.45, 2.75) is 47.1 Å². The number of hydrogen-bond acceptors (Lipinski definition) is 9. The lowest BCUT2D eigenvalue weighted by atomic mass is 9.93. The van der Waals surface area contributed by atoms with Crippen molar-refractivity contribution in [3.63, 3.8) is 0 Å². The molecule has 12 nitrogen and oxygen atoms in total. The second-order valence-corrected chi connectivity index (χ2v) is 10.6. The largest absolute Gasteiger partial charge is 0.412 e. The molecule has 2 heterocycles. The number of morpholine rings is 1. The van der Waals surface area contributed by atoms with Crippen LogP contribution in [0.25, 0.3) is 22.5 Å². The van der Waals surface area contributed by atoms with Crippen molar-refractivity contribution >= 4 is 18.1 Å². The minimum Gasteiger partial charge on any atom is -0.410 e. The van der Waals surface area contributed by atoms with Gasteiger partial charge in [-0.05, 0) is 49.4 Å². The van der Waals surface area contributed by atoms with Crippen LogP contribution < -0.4 is 25.4 Å². The summed E-state index contributed by atoms with van der Waals surface area (Å²) in [6.07, 6.45) is -1.34. The van der Waals surface area contributed by atoms with E-state index in [0.717, 1.165) is 25.2 Å². The number of amides is 3. The smallest absolute Gasteiger partial charge is 0.410 e. The zero-order valence-corrected chi connectivity index (χ0v) is 26.0. The van der Waals surface area contributed by atoms with Crippen LogP contribution in [-0.2, 0) is 11.3 Å². The van der Waals surface area contributed by atoms with Crippen molar-refractivity contribution in [1.29, 1.82) is 0 Å². The van der Waals surface area contributed by atoms with Crippen LogP contribution in [0.4, 0.5) is 9.59 Å². The van der Waals surface area contributed by atoms with Gasteiger partial charge in [-0.2, -0.15) is 0 Å². The third-order valence-electron chi connectivity index (χ3n) is 7.02. The van der Waals surface area contributed by atoms with Crippen LogP contribution in [0, 0.1) is 0 Å². The second kappa shape index (κ2) is 15.3. The second-order valence-electron chi connectivity index (χ2n) is 10.6. The van der Waals surface area contributed by atoms with Gasteiger partial charge in [0.15, 0.2) is 11.5 Å². The Morgan fingerprint density at radius 2 is 1.50 bits per heavy atom. The summed E-state index contributed by atoms with van der Waals surface area (Å²) in [6.45, 7) is 14.3. The summed E-state index contributed by atoms with van der Waals surface area (Å²) >= 11 is 0. The van der Waals surface area contributed by atoms with Crippen molar-refractivity contribution in [1.82, 2.24) is 26.0 Å². The van der Waals surface area contributed by atoms with Crippen molar-refractivity contribution in [3.05, 3.63) is 53.2 Å². The van der Waals surface area contributed by atoms with Gasteiger partial charge in [0.05, 0.1) is 24.3 Å². The van der Waals surface area contributed by atoms with Gasteiger partial charge in [0.25, 0.3) is 5.91 Å². The van der Waals surface area contributed by atoms with E-state index in [1.54, 1.807) is 19.9 Å². The summed E-state index contributed by atoms with van der Waals surface area (Å²) in [4.78, 5) is 40.5. The highest BCUT2D eigenvalue weighted by Crippen LogP contribution is 2.44. The van der Waals surface area contributed by atoms with Crippen molar-refractivity contribution in [3.8, 4) is 33.9 Å². The molecule has 236 valence electrons. The van der Waals surface area contributed by atoms with Gasteiger partial charge in [-0.3, -0.25) is 9.69 Å². The number of hydrogen-bond donors (Lipinski definition) is 3. The summed E-state index contributed by atoms with van der Waals surface area (Å²) in [7, 11) is 0. The van der Waals surface area contributed by atoms with Crippen LogP contribution in [0.1, 0.15) is 62.2 Å². The first-order chi connectivity index (χ1) is 21.2. The molecule has 0 radical (unpaired) electrons. The van der Waals surface area contributed by atoms with E-state index in [1.165, 1.54) is 6.07 Å². The van der Waals surface area contributed by atoms with E-state index in [9.17, 15) is 14.4 Å². The van der Waals surface area contributed by atoms with E-state index in [0.29, 0.717) is 55.1 Å². The van der Waals surface area contributed by atoms with E-state index < -0.39 is 18.1 Å². The van der Waals surface area contributed by atoms with Gasteiger partial charge >= 0.3 is 12.2 Å². The molecule has 44 heavy (non-hydrogen) atoms. The number of nitrogens with one attached hydrogen (secondary N) is 3. The molecule has 1 aliphatic heterocycles. The van der Waals surface area contributed by atoms with Crippen molar-refractivity contribution < 1.29 is 33.1 Å². The third-order valence-corrected chi connectivity index (χ3v) is 7.02. The molecular weight excluding hydrogens is 566 g/mol. The average Bonchev–Trinajstić information content (AvgIpc) is 3.43. The molecule has 2 aromatic carbocycles. The molecule has 1 aromatic heterocycles. The Balaban J connectivity index is 1.85. The third kappa shape index (κ3) is 7.94. The van der Waals surface area contributed by atoms with E-state index in [-0.39, 0.29) is 28.9 Å². The lowest BCUT2D eigenvalue weighted by molar-refractivity contribution is 0.0342. The molecule has 3 N–H and O–H groups in total. The van der Waals surface area contributed by atoms with Gasteiger partial charge in [0, 0.05) is 45.3 Å². The SMILES string of the molecule is CCNC(=O)Oc1cc(OC(=O)NCC)c(C(C)C)cc1-c1onc(C(=O)NCC)c1-c1ccc(CN2CCOCC2)cc1. The molecule has 1 fully saturated rings. The first kappa shape index (κ1) is 32.5. The lowest BCUT2D eigenvalue weighted by Gasteiger charge is -2.26. The number of ether oxygens (including phenoxy) is 3. The fourth-order valence-corrected chi connectivity index (χ4v) is 4.88. The predicted molar refractivity (Wildman–Crippen MR) is 165 cm³/mol. The van der Waals surface area contributed by atoms with E-state index in [1.807, 2.05) is 45.0 Å². The Hall–Kier alpha value is -4.42. The topological polar surface area (TPSA) is 144 Å². The molecule has 0 aliphatic carbocycles. The van der Waals surface area contributed by atoms with Crippen LogP contribution in [0.5, 0.6) is 11.5 Å². The molecule has 3 amide bonds. The summed E-state index contributed by atoms with van der Waals surface area (Å²) in [5.41, 5.74) is 3.39. The number of carbonyl (C=O) groups is 3. The Bertz CT molecular complexity index is 1450. The fourth-order valence-electron chi connectivity index (χ4n) is 4.88.